The molecule has 0 fully saturated rings. The van der Waals surface area contributed by atoms with E-state index in [0.29, 0.717) is 12.3 Å². The highest BCUT2D eigenvalue weighted by molar-refractivity contribution is 7.08. The third kappa shape index (κ3) is 3.84. The number of phenols is 1. The molecule has 0 saturated carbocycles. The largest absolute Gasteiger partial charge is 0.507 e. The van der Waals surface area contributed by atoms with E-state index in [2.05, 4.69) is 19.2 Å². The van der Waals surface area contributed by atoms with Crippen molar-refractivity contribution in [2.45, 2.75) is 52.9 Å². The molecule has 0 aliphatic heterocycles. The minimum Gasteiger partial charge on any atom is -0.507 e. The molecule has 1 heterocycles. The van der Waals surface area contributed by atoms with Gasteiger partial charge in [-0.2, -0.15) is 11.3 Å². The molecule has 0 aliphatic rings. The Morgan fingerprint density at radius 1 is 1.22 bits per heavy atom. The molecule has 0 unspecified atom stereocenters. The molecule has 0 amide bonds. The Balaban J connectivity index is 2.29. The van der Waals surface area contributed by atoms with Crippen LogP contribution in [0.2, 0.25) is 0 Å². The Hall–Kier alpha value is -1.61. The molecule has 1 N–H and O–H groups in total. The highest BCUT2D eigenvalue weighted by Gasteiger charge is 2.30. The number of carbonyl (C=O) groups is 1. The van der Waals surface area contributed by atoms with Crippen molar-refractivity contribution in [3.05, 3.63) is 40.1 Å². The normalized spacial score (nSPS) is 11.9. The molecule has 2 aromatic rings. The maximum Gasteiger partial charge on any atom is 0.142 e. The quantitative estimate of drug-likeness (QED) is 0.736. The van der Waals surface area contributed by atoms with E-state index < -0.39 is 5.41 Å². The summed E-state index contributed by atoms with van der Waals surface area (Å²) in [5, 5.41) is 14.6. The van der Waals surface area contributed by atoms with Crippen molar-refractivity contribution in [1.82, 2.24) is 0 Å². The summed E-state index contributed by atoms with van der Waals surface area (Å²) in [7, 11) is 0. The van der Waals surface area contributed by atoms with E-state index in [1.165, 1.54) is 0 Å². The highest BCUT2D eigenvalue weighted by atomic mass is 32.1. The molecular weight excluding hydrogens is 304 g/mol. The lowest BCUT2D eigenvalue weighted by Gasteiger charge is -2.25. The number of hydrogen-bond acceptors (Lipinski definition) is 3. The van der Waals surface area contributed by atoms with Gasteiger partial charge in [-0.05, 0) is 66.6 Å². The van der Waals surface area contributed by atoms with Crippen LogP contribution >= 0.6 is 11.3 Å². The van der Waals surface area contributed by atoms with Gasteiger partial charge in [0.2, 0.25) is 0 Å². The lowest BCUT2D eigenvalue weighted by Crippen LogP contribution is -2.29. The maximum atomic E-state index is 12.6. The van der Waals surface area contributed by atoms with E-state index in [1.807, 2.05) is 38.3 Å². The predicted octanol–water partition coefficient (Wildman–Crippen LogP) is 5.71. The number of thiophene rings is 1. The molecule has 1 aromatic heterocycles. The van der Waals surface area contributed by atoms with Crippen molar-refractivity contribution >= 4 is 17.1 Å². The number of ketones is 1. The molecule has 0 radical (unpaired) electrons. The van der Waals surface area contributed by atoms with Crippen LogP contribution in [0.3, 0.4) is 0 Å². The standard InChI is InChI=1S/C20H26O2S/c1-13(2)6-9-19(22)20(4,5)15-7-8-16(18(21)10-15)17-12-23-11-14(17)3/h7-8,10-13,21H,6,9H2,1-5H3. The zero-order chi connectivity index (χ0) is 17.2. The lowest BCUT2D eigenvalue weighted by molar-refractivity contribution is -0.123. The average molecular weight is 330 g/mol. The first-order chi connectivity index (χ1) is 10.7. The second-order valence-corrected chi connectivity index (χ2v) is 7.92. The van der Waals surface area contributed by atoms with Gasteiger partial charge in [-0.15, -0.1) is 0 Å². The Labute approximate surface area is 143 Å². The molecule has 124 valence electrons. The van der Waals surface area contributed by atoms with Crippen LogP contribution in [-0.4, -0.2) is 10.9 Å². The van der Waals surface area contributed by atoms with Gasteiger partial charge in [-0.25, -0.2) is 0 Å². The summed E-state index contributed by atoms with van der Waals surface area (Å²) in [5.41, 5.74) is 3.35. The number of benzene rings is 1. The van der Waals surface area contributed by atoms with E-state index in [-0.39, 0.29) is 11.5 Å². The van der Waals surface area contributed by atoms with Crippen LogP contribution in [0.5, 0.6) is 5.75 Å². The van der Waals surface area contributed by atoms with Gasteiger partial charge >= 0.3 is 0 Å². The summed E-state index contributed by atoms with van der Waals surface area (Å²) >= 11 is 1.63. The van der Waals surface area contributed by atoms with Crippen LogP contribution in [-0.2, 0) is 10.2 Å². The molecule has 2 rings (SSSR count). The zero-order valence-corrected chi connectivity index (χ0v) is 15.5. The highest BCUT2D eigenvalue weighted by Crippen LogP contribution is 2.37. The second-order valence-electron chi connectivity index (χ2n) is 7.18. The van der Waals surface area contributed by atoms with Gasteiger partial charge in [0.15, 0.2) is 0 Å². The summed E-state index contributed by atoms with van der Waals surface area (Å²) < 4.78 is 0. The van der Waals surface area contributed by atoms with Crippen molar-refractivity contribution in [1.29, 1.82) is 0 Å². The molecule has 1 aromatic carbocycles. The fourth-order valence-electron chi connectivity index (χ4n) is 2.68. The smallest absolute Gasteiger partial charge is 0.142 e. The lowest BCUT2D eigenvalue weighted by atomic mass is 9.78. The SMILES string of the molecule is Cc1cscc1-c1ccc(C(C)(C)C(=O)CCC(C)C)cc1O. The Bertz CT molecular complexity index is 695. The van der Waals surface area contributed by atoms with Crippen molar-refractivity contribution in [2.24, 2.45) is 5.92 Å². The van der Waals surface area contributed by atoms with Gasteiger partial charge in [0.05, 0.1) is 0 Å². The molecule has 0 spiro atoms. The Morgan fingerprint density at radius 3 is 2.43 bits per heavy atom. The number of aromatic hydroxyl groups is 1. The van der Waals surface area contributed by atoms with Gasteiger partial charge in [0.1, 0.15) is 11.5 Å². The van der Waals surface area contributed by atoms with E-state index >= 15 is 0 Å². The van der Waals surface area contributed by atoms with Crippen LogP contribution < -0.4 is 0 Å². The van der Waals surface area contributed by atoms with Crippen molar-refractivity contribution in [3.63, 3.8) is 0 Å². The van der Waals surface area contributed by atoms with Crippen LogP contribution in [0, 0.1) is 12.8 Å². The molecular formula is C20H26O2S. The van der Waals surface area contributed by atoms with E-state index in [9.17, 15) is 9.90 Å². The summed E-state index contributed by atoms with van der Waals surface area (Å²) in [6.45, 7) is 10.2. The molecule has 0 saturated heterocycles. The number of hydrogen-bond donors (Lipinski definition) is 1. The van der Waals surface area contributed by atoms with Gasteiger partial charge in [0.25, 0.3) is 0 Å². The first-order valence-corrected chi connectivity index (χ1v) is 9.07. The monoisotopic (exact) mass is 330 g/mol. The van der Waals surface area contributed by atoms with Gasteiger partial charge < -0.3 is 5.11 Å². The molecule has 0 bridgehead atoms. The predicted molar refractivity (Wildman–Crippen MR) is 98.3 cm³/mol. The molecule has 3 heteroatoms. The number of rotatable bonds is 6. The van der Waals surface area contributed by atoms with E-state index in [4.69, 9.17) is 0 Å². The van der Waals surface area contributed by atoms with Crippen LogP contribution in [0.1, 0.15) is 51.7 Å². The fraction of sp³-hybridized carbons (Fsp3) is 0.450. The van der Waals surface area contributed by atoms with Gasteiger partial charge in [-0.1, -0.05) is 26.0 Å². The first-order valence-electron chi connectivity index (χ1n) is 8.13. The summed E-state index contributed by atoms with van der Waals surface area (Å²) in [5.74, 6) is 0.992. The van der Waals surface area contributed by atoms with Crippen LogP contribution in [0.25, 0.3) is 11.1 Å². The first kappa shape index (κ1) is 17.7. The fourth-order valence-corrected chi connectivity index (χ4v) is 3.53. The average Bonchev–Trinajstić information content (AvgIpc) is 2.90. The molecule has 23 heavy (non-hydrogen) atoms. The maximum absolute atomic E-state index is 12.6. The molecule has 0 aliphatic carbocycles. The summed E-state index contributed by atoms with van der Waals surface area (Å²) in [6, 6.07) is 5.65. The minimum absolute atomic E-state index is 0.227. The number of phenolic OH excluding ortho intramolecular Hbond substituents is 1. The summed E-state index contributed by atoms with van der Waals surface area (Å²) in [6.07, 6.45) is 1.48. The minimum atomic E-state index is -0.575. The summed E-state index contributed by atoms with van der Waals surface area (Å²) in [4.78, 5) is 12.6. The third-order valence-electron chi connectivity index (χ3n) is 4.51. The number of carbonyl (C=O) groups excluding carboxylic acids is 1. The zero-order valence-electron chi connectivity index (χ0n) is 14.6. The van der Waals surface area contributed by atoms with Gasteiger partial charge in [-0.3, -0.25) is 4.79 Å². The van der Waals surface area contributed by atoms with Gasteiger partial charge in [0, 0.05) is 17.4 Å². The molecule has 0 atom stereocenters. The van der Waals surface area contributed by atoms with Crippen LogP contribution in [0.4, 0.5) is 0 Å². The van der Waals surface area contributed by atoms with Crippen LogP contribution in [0.15, 0.2) is 29.0 Å². The Kier molecular flexibility index (Phi) is 5.30. The number of Topliss-reactive ketones (excluding diaryl/α,β-unsaturated/α-hetero) is 1. The van der Waals surface area contributed by atoms with E-state index in [0.717, 1.165) is 28.7 Å². The number of aryl methyl sites for hydroxylation is 1. The van der Waals surface area contributed by atoms with E-state index in [1.54, 1.807) is 17.4 Å². The Morgan fingerprint density at radius 2 is 1.91 bits per heavy atom. The third-order valence-corrected chi connectivity index (χ3v) is 5.37. The second kappa shape index (κ2) is 6.88. The van der Waals surface area contributed by atoms with Crippen molar-refractivity contribution in [3.8, 4) is 16.9 Å². The van der Waals surface area contributed by atoms with Crippen molar-refractivity contribution in [2.75, 3.05) is 0 Å². The topological polar surface area (TPSA) is 37.3 Å². The molecule has 2 nitrogen and oxygen atoms in total. The van der Waals surface area contributed by atoms with Crippen molar-refractivity contribution < 1.29 is 9.90 Å².